The average Bonchev–Trinajstić information content (AvgIpc) is 3.53. The molecule has 0 bridgehead atoms. The number of benzene rings is 1. The molecule has 0 unspecified atom stereocenters. The highest BCUT2D eigenvalue weighted by Gasteiger charge is 2.30. The SMILES string of the molecule is O=C(Nc1nc2cccc(-c3ccc(CN=C4CCC=NN4)cc3)n2n1)C1CC1. The van der Waals surface area contributed by atoms with Gasteiger partial charge in [-0.1, -0.05) is 30.3 Å². The first kappa shape index (κ1) is 17.5. The van der Waals surface area contributed by atoms with Crippen LogP contribution in [0.5, 0.6) is 0 Å². The Morgan fingerprint density at radius 1 is 1.21 bits per heavy atom. The number of hydrogen-bond acceptors (Lipinski definition) is 5. The number of anilines is 1. The lowest BCUT2D eigenvalue weighted by Crippen LogP contribution is -2.21. The van der Waals surface area contributed by atoms with E-state index in [2.05, 4.69) is 55.2 Å². The molecule has 1 aromatic carbocycles. The summed E-state index contributed by atoms with van der Waals surface area (Å²) in [6.45, 7) is 0.614. The van der Waals surface area contributed by atoms with Gasteiger partial charge in [-0.2, -0.15) is 10.1 Å². The van der Waals surface area contributed by atoms with E-state index < -0.39 is 0 Å². The van der Waals surface area contributed by atoms with E-state index in [1.165, 1.54) is 0 Å². The van der Waals surface area contributed by atoms with Crippen molar-refractivity contribution >= 4 is 29.6 Å². The van der Waals surface area contributed by atoms with Gasteiger partial charge < -0.3 is 0 Å². The molecule has 3 heterocycles. The van der Waals surface area contributed by atoms with Crippen LogP contribution < -0.4 is 10.7 Å². The van der Waals surface area contributed by atoms with Crippen LogP contribution in [0.15, 0.2) is 52.6 Å². The van der Waals surface area contributed by atoms with E-state index in [0.717, 1.165) is 48.3 Å². The molecule has 8 nitrogen and oxygen atoms in total. The van der Waals surface area contributed by atoms with Gasteiger partial charge in [-0.15, -0.1) is 5.10 Å². The molecule has 1 aliphatic carbocycles. The summed E-state index contributed by atoms with van der Waals surface area (Å²) in [7, 11) is 0. The van der Waals surface area contributed by atoms with E-state index in [4.69, 9.17) is 0 Å². The first-order valence-electron chi connectivity index (χ1n) is 9.83. The lowest BCUT2D eigenvalue weighted by molar-refractivity contribution is -0.117. The Morgan fingerprint density at radius 3 is 2.83 bits per heavy atom. The topological polar surface area (TPSA) is 96.0 Å². The van der Waals surface area contributed by atoms with Gasteiger partial charge in [0.1, 0.15) is 5.84 Å². The van der Waals surface area contributed by atoms with Crippen molar-refractivity contribution in [2.45, 2.75) is 32.2 Å². The zero-order valence-electron chi connectivity index (χ0n) is 15.9. The van der Waals surface area contributed by atoms with Crippen LogP contribution in [-0.2, 0) is 11.3 Å². The molecule has 146 valence electrons. The van der Waals surface area contributed by atoms with Crippen LogP contribution in [0.1, 0.15) is 31.2 Å². The van der Waals surface area contributed by atoms with Crippen LogP contribution >= 0.6 is 0 Å². The number of hydrogen-bond donors (Lipinski definition) is 2. The van der Waals surface area contributed by atoms with Crippen molar-refractivity contribution in [3.8, 4) is 11.3 Å². The maximum atomic E-state index is 12.0. The molecule has 1 saturated carbocycles. The van der Waals surface area contributed by atoms with E-state index in [9.17, 15) is 4.79 Å². The molecule has 0 saturated heterocycles. The van der Waals surface area contributed by atoms with Crippen molar-refractivity contribution in [3.63, 3.8) is 0 Å². The highest BCUT2D eigenvalue weighted by molar-refractivity contribution is 5.92. The van der Waals surface area contributed by atoms with Gasteiger partial charge in [0.05, 0.1) is 12.2 Å². The van der Waals surface area contributed by atoms with Crippen molar-refractivity contribution in [1.29, 1.82) is 0 Å². The van der Waals surface area contributed by atoms with Crippen LogP contribution in [0.2, 0.25) is 0 Å². The predicted octanol–water partition coefficient (Wildman–Crippen LogP) is 3.01. The van der Waals surface area contributed by atoms with Crippen molar-refractivity contribution in [1.82, 2.24) is 20.0 Å². The fourth-order valence-corrected chi connectivity index (χ4v) is 3.26. The molecular weight excluding hydrogens is 366 g/mol. The van der Waals surface area contributed by atoms with E-state index in [1.54, 1.807) is 4.52 Å². The number of fused-ring (bicyclic) bond motifs is 1. The number of pyridine rings is 1. The molecule has 2 aliphatic rings. The first-order chi connectivity index (χ1) is 14.3. The van der Waals surface area contributed by atoms with Crippen LogP contribution in [0, 0.1) is 5.92 Å². The zero-order valence-corrected chi connectivity index (χ0v) is 15.9. The zero-order chi connectivity index (χ0) is 19.6. The molecule has 2 aromatic heterocycles. The summed E-state index contributed by atoms with van der Waals surface area (Å²) >= 11 is 0. The largest absolute Gasteiger partial charge is 0.293 e. The number of amides is 1. The van der Waals surface area contributed by atoms with Crippen molar-refractivity contribution in [3.05, 3.63) is 48.0 Å². The lowest BCUT2D eigenvalue weighted by Gasteiger charge is -2.09. The molecule has 8 heteroatoms. The van der Waals surface area contributed by atoms with E-state index >= 15 is 0 Å². The summed E-state index contributed by atoms with van der Waals surface area (Å²) in [5.74, 6) is 1.40. The highest BCUT2D eigenvalue weighted by Crippen LogP contribution is 2.30. The fourth-order valence-electron chi connectivity index (χ4n) is 3.26. The summed E-state index contributed by atoms with van der Waals surface area (Å²) in [5, 5.41) is 11.3. The van der Waals surface area contributed by atoms with E-state index in [-0.39, 0.29) is 11.8 Å². The first-order valence-corrected chi connectivity index (χ1v) is 9.83. The van der Waals surface area contributed by atoms with Gasteiger partial charge in [-0.3, -0.25) is 20.5 Å². The van der Waals surface area contributed by atoms with Gasteiger partial charge in [0.15, 0.2) is 5.65 Å². The number of aromatic nitrogens is 3. The third kappa shape index (κ3) is 3.87. The maximum absolute atomic E-state index is 12.0. The van der Waals surface area contributed by atoms with Crippen LogP contribution in [0.3, 0.4) is 0 Å². The number of nitrogens with zero attached hydrogens (tertiary/aromatic N) is 5. The minimum absolute atomic E-state index is 0.00609. The Kier molecular flexibility index (Phi) is 4.51. The van der Waals surface area contributed by atoms with Gasteiger partial charge in [0.2, 0.25) is 11.9 Å². The Balaban J connectivity index is 1.36. The summed E-state index contributed by atoms with van der Waals surface area (Å²) in [4.78, 5) is 21.0. The summed E-state index contributed by atoms with van der Waals surface area (Å²) in [5.41, 5.74) is 6.72. The number of carbonyl (C=O) groups is 1. The third-order valence-corrected chi connectivity index (χ3v) is 5.04. The van der Waals surface area contributed by atoms with Crippen molar-refractivity contribution in [2.75, 3.05) is 5.32 Å². The second-order valence-electron chi connectivity index (χ2n) is 7.30. The van der Waals surface area contributed by atoms with Crippen LogP contribution in [-0.4, -0.2) is 32.6 Å². The summed E-state index contributed by atoms with van der Waals surface area (Å²) < 4.78 is 1.77. The smallest absolute Gasteiger partial charge is 0.249 e. The number of nitrogens with one attached hydrogen (secondary N) is 2. The third-order valence-electron chi connectivity index (χ3n) is 5.04. The molecule has 0 radical (unpaired) electrons. The predicted molar refractivity (Wildman–Crippen MR) is 112 cm³/mol. The summed E-state index contributed by atoms with van der Waals surface area (Å²) in [6.07, 6.45) is 5.59. The Hall–Kier alpha value is -3.55. The average molecular weight is 387 g/mol. The van der Waals surface area contributed by atoms with E-state index in [0.29, 0.717) is 18.1 Å². The molecule has 1 fully saturated rings. The maximum Gasteiger partial charge on any atom is 0.249 e. The standard InChI is InChI=1S/C21H21N7O/c29-20(16-10-11-16)25-21-24-19-5-1-3-17(28(19)27-21)15-8-6-14(7-9-15)13-22-18-4-2-12-23-26-18/h1,3,5-9,12,16H,2,4,10-11,13H2,(H,22,26)(H,25,27,29). The van der Waals surface area contributed by atoms with Crippen LogP contribution in [0.25, 0.3) is 16.9 Å². The van der Waals surface area contributed by atoms with Crippen molar-refractivity contribution < 1.29 is 4.79 Å². The molecule has 1 amide bonds. The lowest BCUT2D eigenvalue weighted by atomic mass is 10.1. The number of hydrazone groups is 1. The Bertz CT molecular complexity index is 1110. The van der Waals surface area contributed by atoms with Crippen molar-refractivity contribution in [2.24, 2.45) is 16.0 Å². The number of aliphatic imine (C=N–C) groups is 1. The van der Waals surface area contributed by atoms with E-state index in [1.807, 2.05) is 24.4 Å². The molecule has 0 spiro atoms. The molecule has 1 aliphatic heterocycles. The quantitative estimate of drug-likeness (QED) is 0.703. The highest BCUT2D eigenvalue weighted by atomic mass is 16.2. The molecule has 0 atom stereocenters. The Morgan fingerprint density at radius 2 is 2.07 bits per heavy atom. The van der Waals surface area contributed by atoms with Gasteiger partial charge in [0.25, 0.3) is 0 Å². The second kappa shape index (κ2) is 7.46. The normalized spacial score (nSPS) is 17.4. The van der Waals surface area contributed by atoms with Gasteiger partial charge >= 0.3 is 0 Å². The minimum Gasteiger partial charge on any atom is -0.293 e. The molecule has 5 rings (SSSR count). The number of carbonyl (C=O) groups excluding carboxylic acids is 1. The number of rotatable bonds is 5. The minimum atomic E-state index is 0.00609. The van der Waals surface area contributed by atoms with Gasteiger partial charge in [-0.25, -0.2) is 4.52 Å². The number of amidine groups is 1. The molecule has 2 N–H and O–H groups in total. The second-order valence-corrected chi connectivity index (χ2v) is 7.30. The van der Waals surface area contributed by atoms with Gasteiger partial charge in [0, 0.05) is 24.1 Å². The fraction of sp³-hybridized carbons (Fsp3) is 0.286. The molecule has 29 heavy (non-hydrogen) atoms. The molecular formula is C21H21N7O. The molecule has 3 aromatic rings. The monoisotopic (exact) mass is 387 g/mol. The van der Waals surface area contributed by atoms with Gasteiger partial charge in [-0.05, 0) is 37.0 Å². The Labute approximate surface area is 167 Å². The summed E-state index contributed by atoms with van der Waals surface area (Å²) in [6, 6.07) is 14.1. The van der Waals surface area contributed by atoms with Crippen LogP contribution in [0.4, 0.5) is 5.95 Å².